The zero-order valence-electron chi connectivity index (χ0n) is 11.6. The van der Waals surface area contributed by atoms with E-state index in [0.29, 0.717) is 0 Å². The van der Waals surface area contributed by atoms with Crippen molar-refractivity contribution in [3.63, 3.8) is 0 Å². The Labute approximate surface area is 123 Å². The summed E-state index contributed by atoms with van der Waals surface area (Å²) in [5.74, 6) is 0. The fraction of sp³-hybridized carbons (Fsp3) is 0. The number of rotatable bonds is 2. The fourth-order valence-electron chi connectivity index (χ4n) is 2.83. The van der Waals surface area contributed by atoms with Gasteiger partial charge in [0, 0.05) is 16.5 Å². The van der Waals surface area contributed by atoms with Crippen molar-refractivity contribution in [3.8, 4) is 0 Å². The monoisotopic (exact) mass is 269 g/mol. The molecule has 0 saturated heterocycles. The van der Waals surface area contributed by atoms with Crippen LogP contribution in [0.15, 0.2) is 79.4 Å². The molecule has 0 spiro atoms. The fourth-order valence-corrected chi connectivity index (χ4v) is 2.83. The van der Waals surface area contributed by atoms with Crippen molar-refractivity contribution in [1.29, 1.82) is 0 Å². The molecule has 0 atom stereocenters. The summed E-state index contributed by atoms with van der Waals surface area (Å²) in [4.78, 5) is 3.54. The Morgan fingerprint density at radius 2 is 1.48 bits per heavy atom. The molecule has 0 bridgehead atoms. The van der Waals surface area contributed by atoms with Crippen molar-refractivity contribution in [2.75, 3.05) is 0 Å². The third kappa shape index (κ3) is 1.95. The molecule has 21 heavy (non-hydrogen) atoms. The van der Waals surface area contributed by atoms with Crippen LogP contribution in [0.4, 0.5) is 0 Å². The van der Waals surface area contributed by atoms with Gasteiger partial charge in [-0.1, -0.05) is 73.3 Å². The zero-order valence-corrected chi connectivity index (χ0v) is 11.6. The number of nitrogens with one attached hydrogen (secondary N) is 1. The van der Waals surface area contributed by atoms with Gasteiger partial charge in [-0.2, -0.15) is 0 Å². The molecule has 0 aliphatic carbocycles. The highest BCUT2D eigenvalue weighted by Gasteiger charge is 2.08. The summed E-state index contributed by atoms with van der Waals surface area (Å²) < 4.78 is 0. The van der Waals surface area contributed by atoms with Crippen LogP contribution in [0.2, 0.25) is 0 Å². The van der Waals surface area contributed by atoms with E-state index in [1.165, 1.54) is 21.7 Å². The molecule has 0 fully saturated rings. The lowest BCUT2D eigenvalue weighted by atomic mass is 10.0. The third-order valence-electron chi connectivity index (χ3n) is 3.97. The highest BCUT2D eigenvalue weighted by atomic mass is 14.7. The number of H-pyrrole nitrogens is 1. The number of fused-ring (bicyclic) bond motifs is 3. The summed E-state index contributed by atoms with van der Waals surface area (Å²) >= 11 is 0. The maximum Gasteiger partial charge on any atom is 0.0538 e. The highest BCUT2D eigenvalue weighted by molar-refractivity contribution is 6.06. The topological polar surface area (TPSA) is 15.8 Å². The lowest BCUT2D eigenvalue weighted by Gasteiger charge is -2.02. The number of hydrogen-bond acceptors (Lipinski definition) is 0. The molecule has 4 aromatic rings. The molecule has 100 valence electrons. The molecule has 1 N–H and O–H groups in total. The smallest absolute Gasteiger partial charge is 0.0538 e. The summed E-state index contributed by atoms with van der Waals surface area (Å²) in [5.41, 5.74) is 4.43. The second-order valence-corrected chi connectivity index (χ2v) is 5.28. The minimum absolute atomic E-state index is 1.02. The molecule has 1 nitrogen and oxygen atoms in total. The van der Waals surface area contributed by atoms with E-state index in [0.717, 1.165) is 16.8 Å². The van der Waals surface area contributed by atoms with E-state index in [4.69, 9.17) is 0 Å². The summed E-state index contributed by atoms with van der Waals surface area (Å²) in [6.45, 7) is 4.24. The lowest BCUT2D eigenvalue weighted by Crippen LogP contribution is -1.85. The van der Waals surface area contributed by atoms with Gasteiger partial charge in [-0.05, 0) is 22.6 Å². The van der Waals surface area contributed by atoms with Crippen LogP contribution in [0, 0.1) is 0 Å². The van der Waals surface area contributed by atoms with Crippen molar-refractivity contribution in [2.45, 2.75) is 0 Å². The van der Waals surface area contributed by atoms with Gasteiger partial charge in [-0.15, -0.1) is 0 Å². The van der Waals surface area contributed by atoms with Crippen molar-refractivity contribution in [2.24, 2.45) is 0 Å². The van der Waals surface area contributed by atoms with Crippen LogP contribution in [-0.2, 0) is 0 Å². The molecule has 3 aromatic carbocycles. The molecule has 1 aromatic heterocycles. The van der Waals surface area contributed by atoms with Crippen LogP contribution < -0.4 is 0 Å². The lowest BCUT2D eigenvalue weighted by molar-refractivity contribution is 1.40. The van der Waals surface area contributed by atoms with E-state index in [-0.39, 0.29) is 0 Å². The summed E-state index contributed by atoms with van der Waals surface area (Å²) in [6.07, 6.45) is 0. The second kappa shape index (κ2) is 4.64. The van der Waals surface area contributed by atoms with Crippen molar-refractivity contribution in [1.82, 2.24) is 4.98 Å². The molecule has 0 saturated carbocycles. The minimum Gasteiger partial charge on any atom is -0.354 e. The number of aromatic nitrogens is 1. The van der Waals surface area contributed by atoms with Crippen molar-refractivity contribution >= 4 is 27.2 Å². The van der Waals surface area contributed by atoms with Gasteiger partial charge >= 0.3 is 0 Å². The minimum atomic E-state index is 1.02. The van der Waals surface area contributed by atoms with Gasteiger partial charge in [-0.25, -0.2) is 0 Å². The van der Waals surface area contributed by atoms with Crippen molar-refractivity contribution < 1.29 is 0 Å². The van der Waals surface area contributed by atoms with Crippen LogP contribution in [0.25, 0.3) is 27.2 Å². The predicted molar refractivity (Wildman–Crippen MR) is 90.4 cm³/mol. The Morgan fingerprint density at radius 3 is 2.33 bits per heavy atom. The van der Waals surface area contributed by atoms with E-state index < -0.39 is 0 Å². The average Bonchev–Trinajstić information content (AvgIpc) is 2.99. The molecule has 1 heteroatoms. The van der Waals surface area contributed by atoms with Crippen LogP contribution in [0.5, 0.6) is 0 Å². The Hall–Kier alpha value is -2.80. The molecule has 0 aliphatic heterocycles. The Balaban J connectivity index is 1.91. The van der Waals surface area contributed by atoms with Gasteiger partial charge in [0.25, 0.3) is 0 Å². The molecular formula is C20H15N. The van der Waals surface area contributed by atoms with E-state index >= 15 is 0 Å². The average molecular weight is 269 g/mol. The molecule has 0 radical (unpaired) electrons. The Morgan fingerprint density at radius 1 is 0.762 bits per heavy atom. The first-order valence-electron chi connectivity index (χ1n) is 7.08. The maximum absolute atomic E-state index is 4.24. The normalized spacial score (nSPS) is 11.0. The SMILES string of the molecule is C=C(c1ccccc1)c1cc2ccc3ccccc3c2[nH]1. The molecule has 4 rings (SSSR count). The van der Waals surface area contributed by atoms with E-state index in [2.05, 4.69) is 66.2 Å². The van der Waals surface area contributed by atoms with Crippen LogP contribution in [0.3, 0.4) is 0 Å². The van der Waals surface area contributed by atoms with Crippen LogP contribution >= 0.6 is 0 Å². The van der Waals surface area contributed by atoms with E-state index in [1.807, 2.05) is 18.2 Å². The van der Waals surface area contributed by atoms with Crippen LogP contribution in [-0.4, -0.2) is 4.98 Å². The number of hydrogen-bond donors (Lipinski definition) is 1. The molecule has 1 heterocycles. The molecule has 0 amide bonds. The quantitative estimate of drug-likeness (QED) is 0.502. The van der Waals surface area contributed by atoms with E-state index in [9.17, 15) is 0 Å². The number of aromatic amines is 1. The predicted octanol–water partition coefficient (Wildman–Crippen LogP) is 5.38. The summed E-state index contributed by atoms with van der Waals surface area (Å²) in [6, 6.07) is 25.2. The van der Waals surface area contributed by atoms with Gasteiger partial charge in [-0.3, -0.25) is 0 Å². The zero-order chi connectivity index (χ0) is 14.2. The Kier molecular flexibility index (Phi) is 2.65. The van der Waals surface area contributed by atoms with Gasteiger partial charge in [0.2, 0.25) is 0 Å². The molecule has 0 aliphatic rings. The van der Waals surface area contributed by atoms with E-state index in [1.54, 1.807) is 0 Å². The largest absolute Gasteiger partial charge is 0.354 e. The van der Waals surface area contributed by atoms with Crippen molar-refractivity contribution in [3.05, 3.63) is 90.6 Å². The first-order valence-corrected chi connectivity index (χ1v) is 7.08. The standard InChI is InChI=1S/C20H15N/c1-14(15-7-3-2-4-8-15)19-13-17-12-11-16-9-5-6-10-18(16)20(17)21-19/h2-13,21H,1H2. The summed E-state index contributed by atoms with van der Waals surface area (Å²) in [5, 5.41) is 3.73. The summed E-state index contributed by atoms with van der Waals surface area (Å²) in [7, 11) is 0. The first kappa shape index (κ1) is 12.0. The van der Waals surface area contributed by atoms with Gasteiger partial charge in [0.15, 0.2) is 0 Å². The van der Waals surface area contributed by atoms with Gasteiger partial charge in [0.05, 0.1) is 5.52 Å². The first-order chi connectivity index (χ1) is 10.3. The maximum atomic E-state index is 4.24. The number of benzene rings is 3. The van der Waals surface area contributed by atoms with Gasteiger partial charge in [0.1, 0.15) is 0 Å². The second-order valence-electron chi connectivity index (χ2n) is 5.28. The molecule has 0 unspecified atom stereocenters. The third-order valence-corrected chi connectivity index (χ3v) is 3.97. The molecular weight excluding hydrogens is 254 g/mol. The highest BCUT2D eigenvalue weighted by Crippen LogP contribution is 2.29. The van der Waals surface area contributed by atoms with Gasteiger partial charge < -0.3 is 4.98 Å². The van der Waals surface area contributed by atoms with Crippen LogP contribution in [0.1, 0.15) is 11.3 Å². The Bertz CT molecular complexity index is 945.